The molecule has 0 radical (unpaired) electrons. The number of benzene rings is 1. The van der Waals surface area contributed by atoms with Gasteiger partial charge in [-0.25, -0.2) is 9.59 Å². The van der Waals surface area contributed by atoms with Crippen molar-refractivity contribution >= 4 is 26.0 Å². The van der Waals surface area contributed by atoms with E-state index < -0.39 is 84.5 Å². The molecular formula is C37H54O9Si. The van der Waals surface area contributed by atoms with Crippen LogP contribution in [0.2, 0.25) is 18.1 Å². The summed E-state index contributed by atoms with van der Waals surface area (Å²) in [6.45, 7) is 26.9. The van der Waals surface area contributed by atoms with Crippen molar-refractivity contribution in [2.45, 2.75) is 128 Å². The molecular weight excluding hydrogens is 616 g/mol. The van der Waals surface area contributed by atoms with E-state index in [0.717, 1.165) is 6.08 Å². The number of aliphatic hydroxyl groups is 1. The van der Waals surface area contributed by atoms with Gasteiger partial charge in [0.15, 0.2) is 32.4 Å². The van der Waals surface area contributed by atoms with Crippen LogP contribution in [0, 0.1) is 16.7 Å². The van der Waals surface area contributed by atoms with Crippen LogP contribution in [0.4, 0.5) is 0 Å². The number of carbonyl (C=O) groups excluding carboxylic acids is 3. The minimum absolute atomic E-state index is 0.160. The lowest BCUT2D eigenvalue weighted by Gasteiger charge is -2.72. The third-order valence-corrected chi connectivity index (χ3v) is 16.2. The van der Waals surface area contributed by atoms with Gasteiger partial charge in [-0.15, -0.1) is 6.58 Å². The molecule has 2 saturated carbocycles. The van der Waals surface area contributed by atoms with Crippen molar-refractivity contribution < 1.29 is 42.9 Å². The van der Waals surface area contributed by atoms with E-state index in [2.05, 4.69) is 47.0 Å². The van der Waals surface area contributed by atoms with E-state index in [4.69, 9.17) is 23.4 Å². The highest BCUT2D eigenvalue weighted by Crippen LogP contribution is 2.68. The first-order valence-electron chi connectivity index (χ1n) is 16.5. The van der Waals surface area contributed by atoms with Gasteiger partial charge in [0, 0.05) is 23.8 Å². The first kappa shape index (κ1) is 37.0. The second-order valence-corrected chi connectivity index (χ2v) is 21.1. The lowest BCUT2D eigenvalue weighted by molar-refractivity contribution is -0.369. The number of para-hydroxylation sites is 1. The van der Waals surface area contributed by atoms with Gasteiger partial charge in [0.05, 0.1) is 11.7 Å². The molecule has 3 aliphatic rings. The van der Waals surface area contributed by atoms with E-state index in [9.17, 15) is 19.5 Å². The van der Waals surface area contributed by atoms with Gasteiger partial charge in [-0.05, 0) is 62.4 Å². The molecule has 0 amide bonds. The van der Waals surface area contributed by atoms with Crippen LogP contribution in [0.25, 0.3) is 0 Å². The molecule has 47 heavy (non-hydrogen) atoms. The highest BCUT2D eigenvalue weighted by atomic mass is 28.4. The number of Topliss-reactive ketones (excluding diaryl/α,β-unsaturated/α-hetero) is 1. The highest BCUT2D eigenvalue weighted by molar-refractivity contribution is 6.74. The van der Waals surface area contributed by atoms with E-state index >= 15 is 0 Å². The highest BCUT2D eigenvalue weighted by Gasteiger charge is 2.82. The molecule has 3 fully saturated rings. The second kappa shape index (κ2) is 12.3. The number of ketones is 1. The minimum Gasteiger partial charge on any atom is -0.482 e. The Kier molecular flexibility index (Phi) is 9.67. The average molecular weight is 671 g/mol. The van der Waals surface area contributed by atoms with Crippen LogP contribution in [0.5, 0.6) is 5.75 Å². The normalized spacial score (nSPS) is 36.7. The summed E-state index contributed by atoms with van der Waals surface area (Å²) in [5.41, 5.74) is -7.34. The number of hydrogen-bond acceptors (Lipinski definition) is 9. The number of ether oxygens (including phenoxy) is 4. The van der Waals surface area contributed by atoms with Gasteiger partial charge in [-0.2, -0.15) is 0 Å². The van der Waals surface area contributed by atoms with Crippen LogP contribution in [0.15, 0.2) is 55.6 Å². The third kappa shape index (κ3) is 6.04. The summed E-state index contributed by atoms with van der Waals surface area (Å²) in [5.74, 6) is -2.24. The van der Waals surface area contributed by atoms with Gasteiger partial charge in [0.1, 0.15) is 17.5 Å². The molecule has 4 rings (SSSR count). The average Bonchev–Trinajstić information content (AvgIpc) is 2.97. The van der Waals surface area contributed by atoms with E-state index in [1.54, 1.807) is 38.1 Å². The number of esters is 2. The Bertz CT molecular complexity index is 1400. The summed E-state index contributed by atoms with van der Waals surface area (Å²) in [7, 11) is -2.49. The quantitative estimate of drug-likeness (QED) is 0.139. The van der Waals surface area contributed by atoms with Crippen LogP contribution in [0.3, 0.4) is 0 Å². The van der Waals surface area contributed by atoms with Crippen LogP contribution in [-0.2, 0) is 33.0 Å². The van der Waals surface area contributed by atoms with E-state index in [0.29, 0.717) is 18.6 Å². The predicted molar refractivity (Wildman–Crippen MR) is 181 cm³/mol. The van der Waals surface area contributed by atoms with Gasteiger partial charge in [0.2, 0.25) is 0 Å². The molecule has 1 aliphatic heterocycles. The monoisotopic (exact) mass is 670 g/mol. The van der Waals surface area contributed by atoms with Gasteiger partial charge < -0.3 is 28.5 Å². The van der Waals surface area contributed by atoms with E-state index in [-0.39, 0.29) is 11.5 Å². The van der Waals surface area contributed by atoms with Crippen molar-refractivity contribution in [1.29, 1.82) is 0 Å². The topological polar surface area (TPSA) is 118 Å². The summed E-state index contributed by atoms with van der Waals surface area (Å²) >= 11 is 0. The fourth-order valence-electron chi connectivity index (χ4n) is 8.27. The Morgan fingerprint density at radius 3 is 2.23 bits per heavy atom. The maximum atomic E-state index is 14.7. The fraction of sp³-hybridized carbons (Fsp3) is 0.649. The van der Waals surface area contributed by atoms with Crippen LogP contribution < -0.4 is 4.74 Å². The standard InChI is InChI=1S/C37H54O9Si/c1-13-27(39)43-29-30-33(6,7)21-20-26(45-47(11,12)32(3,4)5)35(30,9)37(41)25(38)22-34(8,14-2)46-36(37,10)31(29)44-28(40)23-42-24-18-16-15-17-19-24/h13-19,26,29-31,41H,1-2,20-23H2,3-12H3/t26-,29-,30-,31-,34-,35-,36+,37-/m0/s1. The maximum Gasteiger partial charge on any atom is 0.344 e. The molecule has 1 heterocycles. The Hall–Kier alpha value is -2.79. The van der Waals surface area contributed by atoms with Crippen LogP contribution in [-0.4, -0.2) is 72.9 Å². The Morgan fingerprint density at radius 2 is 1.68 bits per heavy atom. The number of rotatable bonds is 9. The molecule has 0 aromatic heterocycles. The molecule has 10 heteroatoms. The summed E-state index contributed by atoms with van der Waals surface area (Å²) < 4.78 is 32.0. The molecule has 0 bridgehead atoms. The maximum absolute atomic E-state index is 14.7. The second-order valence-electron chi connectivity index (χ2n) is 16.3. The zero-order chi connectivity index (χ0) is 35.4. The Morgan fingerprint density at radius 1 is 1.06 bits per heavy atom. The van der Waals surface area contributed by atoms with Gasteiger partial charge in [0.25, 0.3) is 0 Å². The van der Waals surface area contributed by atoms with Gasteiger partial charge in [-0.1, -0.05) is 72.4 Å². The van der Waals surface area contributed by atoms with Crippen LogP contribution >= 0.6 is 0 Å². The largest absolute Gasteiger partial charge is 0.482 e. The van der Waals surface area contributed by atoms with E-state index in [1.807, 2.05) is 26.8 Å². The van der Waals surface area contributed by atoms with Crippen molar-refractivity contribution in [2.24, 2.45) is 16.7 Å². The summed E-state index contributed by atoms with van der Waals surface area (Å²) in [4.78, 5) is 41.5. The van der Waals surface area contributed by atoms with E-state index in [1.165, 1.54) is 6.08 Å². The molecule has 1 aromatic rings. The third-order valence-electron chi connectivity index (χ3n) is 11.7. The molecule has 1 aromatic carbocycles. The molecule has 0 spiro atoms. The Labute approximate surface area is 281 Å². The smallest absolute Gasteiger partial charge is 0.344 e. The lowest BCUT2D eigenvalue weighted by Crippen LogP contribution is -2.87. The Balaban J connectivity index is 1.96. The molecule has 1 N–H and O–H groups in total. The molecule has 8 atom stereocenters. The molecule has 0 unspecified atom stereocenters. The number of fused-ring (bicyclic) bond motifs is 3. The first-order chi connectivity index (χ1) is 21.5. The summed E-state index contributed by atoms with van der Waals surface area (Å²) in [6, 6.07) is 8.80. The fourth-order valence-corrected chi connectivity index (χ4v) is 9.70. The minimum atomic E-state index is -2.49. The zero-order valence-corrected chi connectivity index (χ0v) is 30.8. The van der Waals surface area contributed by atoms with Crippen LogP contribution in [0.1, 0.15) is 74.7 Å². The lowest BCUT2D eigenvalue weighted by atomic mass is 9.39. The van der Waals surface area contributed by atoms with Crippen molar-refractivity contribution in [3.05, 3.63) is 55.6 Å². The van der Waals surface area contributed by atoms with Crippen molar-refractivity contribution in [2.75, 3.05) is 6.61 Å². The van der Waals surface area contributed by atoms with Gasteiger partial charge >= 0.3 is 11.9 Å². The molecule has 9 nitrogen and oxygen atoms in total. The zero-order valence-electron chi connectivity index (χ0n) is 29.8. The molecule has 2 aliphatic carbocycles. The number of carbonyl (C=O) groups is 3. The van der Waals surface area contributed by atoms with Crippen molar-refractivity contribution in [1.82, 2.24) is 0 Å². The molecule has 260 valence electrons. The van der Waals surface area contributed by atoms with Crippen molar-refractivity contribution in [3.8, 4) is 5.75 Å². The van der Waals surface area contributed by atoms with Gasteiger partial charge in [-0.3, -0.25) is 4.79 Å². The SMILES string of the molecule is C=CC(=O)O[C@H]1[C@H]2C(C)(C)CC[C@H](O[Si](C)(C)C(C)(C)C)[C@]2(C)[C@@]2(O)C(=O)C[C@](C)(C=C)O[C@]2(C)[C@H]1OC(=O)COc1ccccc1. The predicted octanol–water partition coefficient (Wildman–Crippen LogP) is 6.35. The summed E-state index contributed by atoms with van der Waals surface area (Å²) in [6.07, 6.45) is 0.404. The van der Waals surface area contributed by atoms with Crippen molar-refractivity contribution in [3.63, 3.8) is 0 Å². The molecule has 1 saturated heterocycles. The summed E-state index contributed by atoms with van der Waals surface area (Å²) in [5, 5.41) is 13.2. The number of hydrogen-bond donors (Lipinski definition) is 1. The first-order valence-corrected chi connectivity index (χ1v) is 19.4.